The molecule has 0 radical (unpaired) electrons. The maximum atomic E-state index is 12.6. The van der Waals surface area contributed by atoms with Crippen LogP contribution in [0.5, 0.6) is 0 Å². The van der Waals surface area contributed by atoms with Gasteiger partial charge >= 0.3 is 6.03 Å². The minimum Gasteiger partial charge on any atom is -0.353 e. The quantitative estimate of drug-likeness (QED) is 0.480. The molecule has 0 saturated carbocycles. The Morgan fingerprint density at radius 2 is 1.88 bits per heavy atom. The lowest BCUT2D eigenvalue weighted by atomic mass is 10.1. The van der Waals surface area contributed by atoms with Gasteiger partial charge in [0.2, 0.25) is 0 Å². The van der Waals surface area contributed by atoms with Crippen molar-refractivity contribution < 1.29 is 4.79 Å². The number of nitrogens with one attached hydrogen (secondary N) is 3. The van der Waals surface area contributed by atoms with Crippen molar-refractivity contribution in [2.24, 2.45) is 0 Å². The van der Waals surface area contributed by atoms with E-state index >= 15 is 0 Å². The van der Waals surface area contributed by atoms with Gasteiger partial charge in [-0.15, -0.1) is 0 Å². The number of anilines is 2. The zero-order chi connectivity index (χ0) is 17.9. The molecular weight excluding hydrogens is 324 g/mol. The van der Waals surface area contributed by atoms with Crippen molar-refractivity contribution in [3.8, 4) is 11.3 Å². The molecule has 4 rings (SSSR count). The summed E-state index contributed by atoms with van der Waals surface area (Å²) < 4.78 is 0. The van der Waals surface area contributed by atoms with E-state index in [1.807, 2.05) is 67.6 Å². The second kappa shape index (κ2) is 6.72. The fourth-order valence-corrected chi connectivity index (χ4v) is 3.00. The molecule has 0 unspecified atom stereocenters. The van der Waals surface area contributed by atoms with E-state index in [1.165, 1.54) is 0 Å². The molecule has 26 heavy (non-hydrogen) atoms. The second-order valence-electron chi connectivity index (χ2n) is 6.11. The van der Waals surface area contributed by atoms with Gasteiger partial charge in [0.25, 0.3) is 0 Å². The third-order valence-electron chi connectivity index (χ3n) is 4.17. The number of pyridine rings is 1. The number of H-pyrrole nitrogens is 1. The Morgan fingerprint density at radius 1 is 1.00 bits per heavy atom. The third-order valence-corrected chi connectivity index (χ3v) is 4.17. The molecule has 0 bridgehead atoms. The molecule has 5 nitrogen and oxygen atoms in total. The Morgan fingerprint density at radius 3 is 2.69 bits per heavy atom. The molecule has 2 amide bonds. The van der Waals surface area contributed by atoms with Crippen molar-refractivity contribution in [2.45, 2.75) is 6.92 Å². The van der Waals surface area contributed by atoms with E-state index in [1.54, 1.807) is 12.4 Å². The second-order valence-corrected chi connectivity index (χ2v) is 6.11. The van der Waals surface area contributed by atoms with Crippen LogP contribution in [0.1, 0.15) is 5.56 Å². The number of para-hydroxylation sites is 1. The maximum absolute atomic E-state index is 12.6. The molecule has 5 heteroatoms. The van der Waals surface area contributed by atoms with Crippen molar-refractivity contribution in [3.63, 3.8) is 0 Å². The Bertz CT molecular complexity index is 1070. The Balaban J connectivity index is 1.70. The first-order valence-corrected chi connectivity index (χ1v) is 8.36. The summed E-state index contributed by atoms with van der Waals surface area (Å²) in [6.45, 7) is 1.99. The summed E-state index contributed by atoms with van der Waals surface area (Å²) in [6, 6.07) is 19.1. The van der Waals surface area contributed by atoms with Gasteiger partial charge in [0, 0.05) is 34.5 Å². The highest BCUT2D eigenvalue weighted by Gasteiger charge is 2.15. The number of urea groups is 1. The minimum absolute atomic E-state index is 0.287. The molecule has 0 aliphatic heterocycles. The number of fused-ring (bicyclic) bond motifs is 1. The smallest absolute Gasteiger partial charge is 0.323 e. The van der Waals surface area contributed by atoms with Crippen LogP contribution in [0.15, 0.2) is 73.1 Å². The van der Waals surface area contributed by atoms with Crippen LogP contribution in [0.2, 0.25) is 0 Å². The van der Waals surface area contributed by atoms with Crippen LogP contribution in [0.4, 0.5) is 16.2 Å². The molecule has 0 saturated heterocycles. The van der Waals surface area contributed by atoms with Gasteiger partial charge in [0.15, 0.2) is 0 Å². The Labute approximate surface area is 151 Å². The van der Waals surface area contributed by atoms with E-state index in [2.05, 4.69) is 20.6 Å². The highest BCUT2D eigenvalue weighted by atomic mass is 16.2. The van der Waals surface area contributed by atoms with Crippen molar-refractivity contribution in [3.05, 3.63) is 78.6 Å². The van der Waals surface area contributed by atoms with Crippen LogP contribution in [0.25, 0.3) is 22.2 Å². The van der Waals surface area contributed by atoms with Crippen molar-refractivity contribution in [2.75, 3.05) is 10.6 Å². The third kappa shape index (κ3) is 3.15. The Kier molecular flexibility index (Phi) is 4.11. The lowest BCUT2D eigenvalue weighted by molar-refractivity contribution is 0.262. The number of aryl methyl sites for hydroxylation is 1. The zero-order valence-corrected chi connectivity index (χ0v) is 14.3. The molecule has 0 spiro atoms. The molecule has 2 heterocycles. The number of hydrogen-bond acceptors (Lipinski definition) is 2. The highest BCUT2D eigenvalue weighted by Crippen LogP contribution is 2.34. The van der Waals surface area contributed by atoms with Crippen LogP contribution in [0, 0.1) is 6.92 Å². The maximum Gasteiger partial charge on any atom is 0.323 e. The van der Waals surface area contributed by atoms with Gasteiger partial charge in [0.1, 0.15) is 0 Å². The predicted molar refractivity (Wildman–Crippen MR) is 105 cm³/mol. The number of nitrogens with zero attached hydrogens (tertiary/aromatic N) is 1. The summed E-state index contributed by atoms with van der Waals surface area (Å²) in [6.07, 6.45) is 3.50. The normalized spacial score (nSPS) is 10.7. The average molecular weight is 342 g/mol. The number of hydrogen-bond donors (Lipinski definition) is 3. The largest absolute Gasteiger partial charge is 0.353 e. The topological polar surface area (TPSA) is 69.8 Å². The lowest BCUT2D eigenvalue weighted by Gasteiger charge is -2.10. The van der Waals surface area contributed by atoms with Crippen LogP contribution in [-0.4, -0.2) is 16.0 Å². The molecule has 0 aliphatic carbocycles. The van der Waals surface area contributed by atoms with E-state index in [-0.39, 0.29) is 6.03 Å². The molecule has 2 aromatic heterocycles. The molecule has 0 aliphatic rings. The van der Waals surface area contributed by atoms with Gasteiger partial charge in [-0.1, -0.05) is 30.3 Å². The monoisotopic (exact) mass is 342 g/mol. The lowest BCUT2D eigenvalue weighted by Crippen LogP contribution is -2.19. The van der Waals surface area contributed by atoms with Crippen LogP contribution in [-0.2, 0) is 0 Å². The summed E-state index contributed by atoms with van der Waals surface area (Å²) >= 11 is 0. The molecule has 128 valence electrons. The van der Waals surface area contributed by atoms with Gasteiger partial charge < -0.3 is 15.6 Å². The number of aromatic nitrogens is 2. The van der Waals surface area contributed by atoms with Crippen molar-refractivity contribution in [1.82, 2.24) is 9.97 Å². The van der Waals surface area contributed by atoms with Gasteiger partial charge in [-0.25, -0.2) is 4.79 Å². The summed E-state index contributed by atoms with van der Waals surface area (Å²) in [5.74, 6) is 0. The number of amides is 2. The molecular formula is C21H18N4O. The summed E-state index contributed by atoms with van der Waals surface area (Å²) in [5.41, 5.74) is 5.28. The van der Waals surface area contributed by atoms with E-state index < -0.39 is 0 Å². The molecule has 4 aromatic rings. The first-order chi connectivity index (χ1) is 12.7. The molecule has 3 N–H and O–H groups in total. The van der Waals surface area contributed by atoms with Crippen LogP contribution in [0.3, 0.4) is 0 Å². The molecule has 0 fully saturated rings. The minimum atomic E-state index is -0.287. The molecule has 0 atom stereocenters. The van der Waals surface area contributed by atoms with Crippen molar-refractivity contribution >= 4 is 28.3 Å². The fourth-order valence-electron chi connectivity index (χ4n) is 3.00. The van der Waals surface area contributed by atoms with E-state index in [0.717, 1.165) is 39.1 Å². The van der Waals surface area contributed by atoms with Crippen LogP contribution >= 0.6 is 0 Å². The number of benzene rings is 2. The van der Waals surface area contributed by atoms with Gasteiger partial charge in [-0.3, -0.25) is 4.98 Å². The van der Waals surface area contributed by atoms with Gasteiger partial charge in [-0.05, 0) is 42.8 Å². The summed E-state index contributed by atoms with van der Waals surface area (Å²) in [4.78, 5) is 20.1. The van der Waals surface area contributed by atoms with Gasteiger partial charge in [-0.2, -0.15) is 0 Å². The van der Waals surface area contributed by atoms with Crippen molar-refractivity contribution in [1.29, 1.82) is 0 Å². The highest BCUT2D eigenvalue weighted by molar-refractivity contribution is 6.10. The first-order valence-electron chi connectivity index (χ1n) is 8.36. The SMILES string of the molecule is Cc1cccc(NC(=O)Nc2c(-c3cccnc3)[nH]c3ccccc23)c1. The van der Waals surface area contributed by atoms with Gasteiger partial charge in [0.05, 0.1) is 11.4 Å². The fraction of sp³-hybridized carbons (Fsp3) is 0.0476. The first kappa shape index (κ1) is 15.9. The number of carbonyl (C=O) groups excluding carboxylic acids is 1. The number of carbonyl (C=O) groups is 1. The predicted octanol–water partition coefficient (Wildman–Crippen LogP) is 5.18. The van der Waals surface area contributed by atoms with Crippen LogP contribution < -0.4 is 10.6 Å². The van der Waals surface area contributed by atoms with E-state index in [9.17, 15) is 4.79 Å². The van der Waals surface area contributed by atoms with E-state index in [0.29, 0.717) is 0 Å². The Hall–Kier alpha value is -3.60. The molecule has 2 aromatic carbocycles. The van der Waals surface area contributed by atoms with E-state index in [4.69, 9.17) is 0 Å². The average Bonchev–Trinajstić information content (AvgIpc) is 3.01. The summed E-state index contributed by atoms with van der Waals surface area (Å²) in [7, 11) is 0. The summed E-state index contributed by atoms with van der Waals surface area (Å²) in [5, 5.41) is 6.83. The standard InChI is InChI=1S/C21H18N4O/c1-14-6-4-8-16(12-14)23-21(26)25-20-17-9-2-3-10-18(17)24-19(20)15-7-5-11-22-13-15/h2-13,24H,1H3,(H2,23,25,26). The zero-order valence-electron chi connectivity index (χ0n) is 14.3. The number of aromatic amines is 1. The number of rotatable bonds is 3.